The number of carbonyl (C=O) groups is 1. The van der Waals surface area contributed by atoms with Gasteiger partial charge in [-0.15, -0.1) is 18.3 Å². The highest BCUT2D eigenvalue weighted by Crippen LogP contribution is 2.25. The van der Waals surface area contributed by atoms with Crippen LogP contribution in [0.25, 0.3) is 5.69 Å². The van der Waals surface area contributed by atoms with Gasteiger partial charge >= 0.3 is 6.36 Å². The molecule has 0 fully saturated rings. The number of nitrogens with zero attached hydrogens (tertiary/aromatic N) is 4. The molecule has 0 aliphatic rings. The minimum atomic E-state index is -4.77. The number of thioether (sulfide) groups is 1. The summed E-state index contributed by atoms with van der Waals surface area (Å²) in [6, 6.07) is 8.24. The molecule has 2 heterocycles. The Labute approximate surface area is 161 Å². The molecule has 0 aliphatic heterocycles. The van der Waals surface area contributed by atoms with E-state index in [-0.39, 0.29) is 23.5 Å². The van der Waals surface area contributed by atoms with Crippen molar-refractivity contribution >= 4 is 17.7 Å². The van der Waals surface area contributed by atoms with Gasteiger partial charge in [0.1, 0.15) is 11.5 Å². The molecule has 1 unspecified atom stereocenters. The highest BCUT2D eigenvalue weighted by molar-refractivity contribution is 7.99. The van der Waals surface area contributed by atoms with E-state index < -0.39 is 6.36 Å². The van der Waals surface area contributed by atoms with E-state index in [4.69, 9.17) is 4.42 Å². The highest BCUT2D eigenvalue weighted by Gasteiger charge is 2.31. The Balaban J connectivity index is 1.60. The van der Waals surface area contributed by atoms with Gasteiger partial charge in [-0.05, 0) is 53.7 Å². The number of amides is 1. The molecule has 0 aliphatic carbocycles. The fraction of sp³-hybridized carbons (Fsp3) is 0.250. The van der Waals surface area contributed by atoms with Crippen molar-refractivity contribution in [1.82, 2.24) is 25.5 Å². The zero-order valence-electron chi connectivity index (χ0n) is 14.4. The smallest absolute Gasteiger partial charge is 0.467 e. The van der Waals surface area contributed by atoms with Crippen LogP contribution >= 0.6 is 11.8 Å². The van der Waals surface area contributed by atoms with Gasteiger partial charge in [0.15, 0.2) is 0 Å². The van der Waals surface area contributed by atoms with E-state index in [1.54, 1.807) is 19.1 Å². The van der Waals surface area contributed by atoms with Crippen molar-refractivity contribution in [2.75, 3.05) is 5.75 Å². The Hall–Kier alpha value is -3.02. The van der Waals surface area contributed by atoms with E-state index in [9.17, 15) is 18.0 Å². The van der Waals surface area contributed by atoms with Gasteiger partial charge in [0.2, 0.25) is 11.1 Å². The number of tetrazole rings is 1. The minimum Gasteiger partial charge on any atom is -0.467 e. The monoisotopic (exact) mass is 413 g/mol. The predicted molar refractivity (Wildman–Crippen MR) is 91.8 cm³/mol. The lowest BCUT2D eigenvalue weighted by Gasteiger charge is -2.11. The first-order chi connectivity index (χ1) is 13.3. The normalized spacial score (nSPS) is 12.6. The number of alkyl halides is 3. The van der Waals surface area contributed by atoms with Crippen molar-refractivity contribution in [2.24, 2.45) is 0 Å². The summed E-state index contributed by atoms with van der Waals surface area (Å²) in [4.78, 5) is 12.1. The molecule has 1 N–H and O–H groups in total. The number of rotatable bonds is 7. The van der Waals surface area contributed by atoms with Gasteiger partial charge in [-0.1, -0.05) is 11.8 Å². The molecule has 1 amide bonds. The van der Waals surface area contributed by atoms with Crippen LogP contribution in [0.2, 0.25) is 0 Å². The molecule has 3 rings (SSSR count). The van der Waals surface area contributed by atoms with Gasteiger partial charge < -0.3 is 14.5 Å². The Bertz CT molecular complexity index is 913. The number of hydrogen-bond donors (Lipinski definition) is 1. The second-order valence-electron chi connectivity index (χ2n) is 5.51. The maximum Gasteiger partial charge on any atom is 0.573 e. The Kier molecular flexibility index (Phi) is 5.87. The molecule has 1 aromatic carbocycles. The SMILES string of the molecule is CC(NC(=O)CSc1nnnn1-c1ccc(OC(F)(F)F)cc1)c1ccco1. The summed E-state index contributed by atoms with van der Waals surface area (Å²) >= 11 is 1.08. The quantitative estimate of drug-likeness (QED) is 0.595. The first-order valence-corrected chi connectivity index (χ1v) is 8.90. The molecular weight excluding hydrogens is 399 g/mol. The van der Waals surface area contributed by atoms with Crippen LogP contribution in [0.4, 0.5) is 13.2 Å². The summed E-state index contributed by atoms with van der Waals surface area (Å²) in [5.74, 6) is 0.0623. The molecule has 12 heteroatoms. The summed E-state index contributed by atoms with van der Waals surface area (Å²) in [6.45, 7) is 1.79. The molecule has 0 saturated heterocycles. The predicted octanol–water partition coefficient (Wildman–Crippen LogP) is 3.12. The van der Waals surface area contributed by atoms with Gasteiger partial charge in [0, 0.05) is 0 Å². The standard InChI is InChI=1S/C16H14F3N5O3S/c1-10(13-3-2-8-26-13)20-14(25)9-28-15-21-22-23-24(15)11-4-6-12(7-5-11)27-16(17,18)19/h2-8,10H,9H2,1H3,(H,20,25). The largest absolute Gasteiger partial charge is 0.573 e. The van der Waals surface area contributed by atoms with Gasteiger partial charge in [-0.25, -0.2) is 0 Å². The van der Waals surface area contributed by atoms with Crippen molar-refractivity contribution in [3.63, 3.8) is 0 Å². The van der Waals surface area contributed by atoms with E-state index >= 15 is 0 Å². The number of benzene rings is 1. The number of hydrogen-bond acceptors (Lipinski definition) is 7. The molecule has 0 spiro atoms. The van der Waals surface area contributed by atoms with E-state index in [1.807, 2.05) is 0 Å². The first kappa shape index (κ1) is 19.7. The topological polar surface area (TPSA) is 95.1 Å². The molecule has 2 aromatic heterocycles. The van der Waals surface area contributed by atoms with Crippen LogP contribution in [0.15, 0.2) is 52.2 Å². The molecular formula is C16H14F3N5O3S. The molecule has 8 nitrogen and oxygen atoms in total. The van der Waals surface area contributed by atoms with Gasteiger partial charge in [0.25, 0.3) is 0 Å². The summed E-state index contributed by atoms with van der Waals surface area (Å²) in [6.07, 6.45) is -3.25. The van der Waals surface area contributed by atoms with Crippen LogP contribution in [0.3, 0.4) is 0 Å². The number of carbonyl (C=O) groups excluding carboxylic acids is 1. The van der Waals surface area contributed by atoms with Crippen LogP contribution in [-0.2, 0) is 4.79 Å². The summed E-state index contributed by atoms with van der Waals surface area (Å²) in [5, 5.41) is 14.3. The third kappa shape index (κ3) is 5.25. The number of halogens is 3. The maximum absolute atomic E-state index is 12.2. The molecule has 3 aromatic rings. The van der Waals surface area contributed by atoms with Crippen LogP contribution in [-0.4, -0.2) is 38.2 Å². The number of aromatic nitrogens is 4. The molecule has 28 heavy (non-hydrogen) atoms. The van der Waals surface area contributed by atoms with Crippen molar-refractivity contribution in [2.45, 2.75) is 24.5 Å². The van der Waals surface area contributed by atoms with Crippen LogP contribution in [0, 0.1) is 0 Å². The van der Waals surface area contributed by atoms with Crippen LogP contribution in [0.5, 0.6) is 5.75 Å². The van der Waals surface area contributed by atoms with E-state index in [2.05, 4.69) is 25.6 Å². The zero-order valence-corrected chi connectivity index (χ0v) is 15.2. The zero-order chi connectivity index (χ0) is 20.1. The third-order valence-corrected chi connectivity index (χ3v) is 4.35. The Morgan fingerprint density at radius 2 is 2.07 bits per heavy atom. The number of ether oxygens (including phenoxy) is 1. The summed E-state index contributed by atoms with van der Waals surface area (Å²) in [7, 11) is 0. The summed E-state index contributed by atoms with van der Waals surface area (Å²) < 4.78 is 47.0. The highest BCUT2D eigenvalue weighted by atomic mass is 32.2. The molecule has 0 saturated carbocycles. The van der Waals surface area contributed by atoms with Crippen molar-refractivity contribution in [3.05, 3.63) is 48.4 Å². The van der Waals surface area contributed by atoms with Crippen LogP contribution < -0.4 is 10.1 Å². The van der Waals surface area contributed by atoms with Crippen molar-refractivity contribution in [1.29, 1.82) is 0 Å². The summed E-state index contributed by atoms with van der Waals surface area (Å²) in [5.41, 5.74) is 0.423. The fourth-order valence-corrected chi connectivity index (χ4v) is 2.94. The van der Waals surface area contributed by atoms with Gasteiger partial charge in [-0.3, -0.25) is 4.79 Å². The van der Waals surface area contributed by atoms with E-state index in [0.717, 1.165) is 23.9 Å². The van der Waals surface area contributed by atoms with E-state index in [0.29, 0.717) is 16.6 Å². The second kappa shape index (κ2) is 8.33. The van der Waals surface area contributed by atoms with Crippen molar-refractivity contribution in [3.8, 4) is 11.4 Å². The minimum absolute atomic E-state index is 0.0424. The number of furan rings is 1. The molecule has 0 radical (unpaired) electrons. The number of nitrogens with one attached hydrogen (secondary N) is 1. The first-order valence-electron chi connectivity index (χ1n) is 7.92. The third-order valence-electron chi connectivity index (χ3n) is 3.44. The Morgan fingerprint density at radius 3 is 2.71 bits per heavy atom. The van der Waals surface area contributed by atoms with Gasteiger partial charge in [-0.2, -0.15) is 4.68 Å². The Morgan fingerprint density at radius 1 is 1.32 bits per heavy atom. The van der Waals surface area contributed by atoms with E-state index in [1.165, 1.54) is 23.1 Å². The lowest BCUT2D eigenvalue weighted by molar-refractivity contribution is -0.274. The molecule has 148 valence electrons. The van der Waals surface area contributed by atoms with Crippen molar-refractivity contribution < 1.29 is 27.1 Å². The molecule has 1 atom stereocenters. The lowest BCUT2D eigenvalue weighted by atomic mass is 10.2. The second-order valence-corrected chi connectivity index (χ2v) is 6.45. The van der Waals surface area contributed by atoms with Crippen LogP contribution in [0.1, 0.15) is 18.7 Å². The fourth-order valence-electron chi connectivity index (χ4n) is 2.24. The average Bonchev–Trinajstić information content (AvgIpc) is 3.31. The average molecular weight is 413 g/mol. The molecule has 0 bridgehead atoms. The maximum atomic E-state index is 12.2. The lowest BCUT2D eigenvalue weighted by Crippen LogP contribution is -2.28. The van der Waals surface area contributed by atoms with Gasteiger partial charge in [0.05, 0.1) is 23.7 Å².